The molecule has 0 radical (unpaired) electrons. The molecule has 4 heteroatoms. The molecule has 0 spiro atoms. The van der Waals surface area contributed by atoms with Crippen LogP contribution in [0, 0.1) is 17.8 Å². The fraction of sp³-hybridized carbons (Fsp3) is 0.950. The quantitative estimate of drug-likeness (QED) is 0.754. The number of rotatable bonds is 3. The molecule has 2 rings (SSSR count). The standard InChI is InChI=1S/C20H37NO3/c1-17-8-6-4-3-5-7-9-18(2)15-19(14-17)16-20(22)24-21-10-12-23-13-11-21/h17-19H,3-16H2,1-2H3. The van der Waals surface area contributed by atoms with E-state index in [1.807, 2.05) is 0 Å². The summed E-state index contributed by atoms with van der Waals surface area (Å²) in [6.07, 6.45) is 12.4. The third-order valence-corrected chi connectivity index (χ3v) is 5.52. The van der Waals surface area contributed by atoms with Gasteiger partial charge in [-0.25, -0.2) is 0 Å². The van der Waals surface area contributed by atoms with Crippen molar-refractivity contribution < 1.29 is 14.4 Å². The fourth-order valence-corrected chi connectivity index (χ4v) is 4.21. The first-order valence-corrected chi connectivity index (χ1v) is 10.2. The zero-order valence-electron chi connectivity index (χ0n) is 15.8. The van der Waals surface area contributed by atoms with Crippen LogP contribution in [0.4, 0.5) is 0 Å². The third-order valence-electron chi connectivity index (χ3n) is 5.52. The van der Waals surface area contributed by atoms with Gasteiger partial charge in [-0.1, -0.05) is 58.8 Å². The average molecular weight is 340 g/mol. The first kappa shape index (κ1) is 19.7. The first-order valence-electron chi connectivity index (χ1n) is 10.2. The molecule has 1 saturated heterocycles. The normalized spacial score (nSPS) is 31.7. The number of ether oxygens (including phenoxy) is 1. The van der Waals surface area contributed by atoms with E-state index < -0.39 is 0 Å². The molecule has 2 unspecified atom stereocenters. The molecule has 140 valence electrons. The summed E-state index contributed by atoms with van der Waals surface area (Å²) >= 11 is 0. The number of hydrogen-bond donors (Lipinski definition) is 0. The molecule has 1 aliphatic carbocycles. The highest BCUT2D eigenvalue weighted by Gasteiger charge is 2.23. The van der Waals surface area contributed by atoms with Gasteiger partial charge in [-0.15, -0.1) is 5.06 Å². The zero-order chi connectivity index (χ0) is 17.2. The maximum Gasteiger partial charge on any atom is 0.325 e. The monoisotopic (exact) mass is 339 g/mol. The van der Waals surface area contributed by atoms with Crippen LogP contribution in [-0.4, -0.2) is 37.3 Å². The number of hydroxylamine groups is 2. The van der Waals surface area contributed by atoms with Crippen LogP contribution in [0.5, 0.6) is 0 Å². The van der Waals surface area contributed by atoms with Crippen molar-refractivity contribution in [2.45, 2.75) is 78.1 Å². The molecule has 0 aromatic heterocycles. The highest BCUT2D eigenvalue weighted by Crippen LogP contribution is 2.29. The Morgan fingerprint density at radius 3 is 2.08 bits per heavy atom. The van der Waals surface area contributed by atoms with E-state index in [0.29, 0.717) is 38.6 Å². The van der Waals surface area contributed by atoms with E-state index in [2.05, 4.69) is 13.8 Å². The second kappa shape index (κ2) is 11.1. The summed E-state index contributed by atoms with van der Waals surface area (Å²) in [4.78, 5) is 17.9. The topological polar surface area (TPSA) is 38.8 Å². The molecule has 2 atom stereocenters. The van der Waals surface area contributed by atoms with E-state index in [-0.39, 0.29) is 5.97 Å². The third kappa shape index (κ3) is 7.98. The summed E-state index contributed by atoms with van der Waals surface area (Å²) in [7, 11) is 0. The van der Waals surface area contributed by atoms with Crippen molar-refractivity contribution in [1.29, 1.82) is 0 Å². The molecule has 0 aromatic rings. The minimum absolute atomic E-state index is 0.0478. The Bertz CT molecular complexity index is 339. The van der Waals surface area contributed by atoms with Crippen molar-refractivity contribution in [3.05, 3.63) is 0 Å². The van der Waals surface area contributed by atoms with Crippen LogP contribution in [-0.2, 0) is 14.4 Å². The van der Waals surface area contributed by atoms with Gasteiger partial charge < -0.3 is 9.57 Å². The van der Waals surface area contributed by atoms with Gasteiger partial charge >= 0.3 is 5.97 Å². The van der Waals surface area contributed by atoms with Gasteiger partial charge in [-0.05, 0) is 30.6 Å². The van der Waals surface area contributed by atoms with E-state index in [1.54, 1.807) is 5.06 Å². The second-order valence-corrected chi connectivity index (χ2v) is 8.10. The Hall–Kier alpha value is -0.610. The summed E-state index contributed by atoms with van der Waals surface area (Å²) < 4.78 is 5.30. The first-order chi connectivity index (χ1) is 11.6. The van der Waals surface area contributed by atoms with Crippen molar-refractivity contribution in [2.75, 3.05) is 26.3 Å². The highest BCUT2D eigenvalue weighted by atomic mass is 16.7. The maximum absolute atomic E-state index is 12.4. The predicted octanol–water partition coefficient (Wildman–Crippen LogP) is 4.58. The van der Waals surface area contributed by atoms with E-state index in [9.17, 15) is 4.79 Å². The van der Waals surface area contributed by atoms with E-state index >= 15 is 0 Å². The lowest BCUT2D eigenvalue weighted by Crippen LogP contribution is -2.38. The summed E-state index contributed by atoms with van der Waals surface area (Å²) in [5.74, 6) is 1.87. The average Bonchev–Trinajstić information content (AvgIpc) is 2.53. The molecule has 0 aromatic carbocycles. The van der Waals surface area contributed by atoms with Crippen LogP contribution in [0.15, 0.2) is 0 Å². The second-order valence-electron chi connectivity index (χ2n) is 8.10. The highest BCUT2D eigenvalue weighted by molar-refractivity contribution is 5.69. The van der Waals surface area contributed by atoms with E-state index in [4.69, 9.17) is 9.57 Å². The van der Waals surface area contributed by atoms with Crippen LogP contribution < -0.4 is 0 Å². The lowest BCUT2D eigenvalue weighted by atomic mass is 9.82. The van der Waals surface area contributed by atoms with Crippen molar-refractivity contribution in [3.8, 4) is 0 Å². The zero-order valence-corrected chi connectivity index (χ0v) is 15.8. The molecule has 0 bridgehead atoms. The van der Waals surface area contributed by atoms with Gasteiger partial charge in [-0.2, -0.15) is 0 Å². The Kier molecular flexibility index (Phi) is 9.11. The SMILES string of the molecule is CC1CCCCCCCC(C)CC(CC(=O)ON2CCOCC2)C1. The van der Waals surface area contributed by atoms with Gasteiger partial charge in [0, 0.05) is 0 Å². The minimum Gasteiger partial charge on any atom is -0.379 e. The smallest absolute Gasteiger partial charge is 0.325 e. The van der Waals surface area contributed by atoms with Gasteiger partial charge in [0.25, 0.3) is 0 Å². The molecule has 0 amide bonds. The fourth-order valence-electron chi connectivity index (χ4n) is 4.21. The Balaban J connectivity index is 1.83. The number of nitrogens with zero attached hydrogens (tertiary/aromatic N) is 1. The molecule has 4 nitrogen and oxygen atoms in total. The molecular formula is C20H37NO3. The molecule has 24 heavy (non-hydrogen) atoms. The van der Waals surface area contributed by atoms with Gasteiger partial charge in [0.15, 0.2) is 0 Å². The van der Waals surface area contributed by atoms with Gasteiger partial charge in [-0.3, -0.25) is 4.79 Å². The van der Waals surface area contributed by atoms with Crippen LogP contribution in [0.2, 0.25) is 0 Å². The summed E-state index contributed by atoms with van der Waals surface area (Å²) in [5, 5.41) is 1.77. The Morgan fingerprint density at radius 2 is 1.50 bits per heavy atom. The van der Waals surface area contributed by atoms with E-state index in [1.165, 1.54) is 57.8 Å². The van der Waals surface area contributed by atoms with Gasteiger partial charge in [0.05, 0.1) is 32.7 Å². The number of carbonyl (C=O) groups excluding carboxylic acids is 1. The van der Waals surface area contributed by atoms with Gasteiger partial charge in [0.1, 0.15) is 0 Å². The minimum atomic E-state index is -0.0478. The largest absolute Gasteiger partial charge is 0.379 e. The number of carbonyl (C=O) groups is 1. The Labute approximate surface area is 148 Å². The van der Waals surface area contributed by atoms with Crippen molar-refractivity contribution in [1.82, 2.24) is 5.06 Å². The lowest BCUT2D eigenvalue weighted by Gasteiger charge is -2.27. The maximum atomic E-state index is 12.4. The van der Waals surface area contributed by atoms with Crippen LogP contribution in [0.1, 0.15) is 78.1 Å². The van der Waals surface area contributed by atoms with E-state index in [0.717, 1.165) is 11.8 Å². The lowest BCUT2D eigenvalue weighted by molar-refractivity contribution is -0.206. The molecule has 1 heterocycles. The van der Waals surface area contributed by atoms with Gasteiger partial charge in [0.2, 0.25) is 0 Å². The summed E-state index contributed by atoms with van der Waals surface area (Å²) in [6, 6.07) is 0. The van der Waals surface area contributed by atoms with Crippen molar-refractivity contribution in [3.63, 3.8) is 0 Å². The molecule has 1 saturated carbocycles. The Morgan fingerprint density at radius 1 is 0.958 bits per heavy atom. The number of hydrogen-bond acceptors (Lipinski definition) is 4. The molecule has 1 aliphatic heterocycles. The molecule has 2 aliphatic rings. The molecule has 0 N–H and O–H groups in total. The van der Waals surface area contributed by atoms with Crippen LogP contribution in [0.25, 0.3) is 0 Å². The molecular weight excluding hydrogens is 302 g/mol. The summed E-state index contributed by atoms with van der Waals surface area (Å²) in [6.45, 7) is 7.43. The van der Waals surface area contributed by atoms with Crippen molar-refractivity contribution >= 4 is 5.97 Å². The molecule has 2 fully saturated rings. The summed E-state index contributed by atoms with van der Waals surface area (Å²) in [5.41, 5.74) is 0. The van der Waals surface area contributed by atoms with Crippen molar-refractivity contribution in [2.24, 2.45) is 17.8 Å². The van der Waals surface area contributed by atoms with Crippen LogP contribution >= 0.6 is 0 Å². The number of morpholine rings is 1. The predicted molar refractivity (Wildman–Crippen MR) is 96.5 cm³/mol. The van der Waals surface area contributed by atoms with Crippen LogP contribution in [0.3, 0.4) is 0 Å².